The summed E-state index contributed by atoms with van der Waals surface area (Å²) in [5.74, 6) is 1.69. The molecule has 1 atom stereocenters. The summed E-state index contributed by atoms with van der Waals surface area (Å²) >= 11 is 0. The van der Waals surface area contributed by atoms with E-state index in [9.17, 15) is 4.79 Å². The van der Waals surface area contributed by atoms with Crippen LogP contribution in [0.5, 0.6) is 5.75 Å². The van der Waals surface area contributed by atoms with Gasteiger partial charge in [0.15, 0.2) is 6.23 Å². The number of anilines is 1. The number of nitrogens with one attached hydrogen (secondary N) is 2. The predicted molar refractivity (Wildman–Crippen MR) is 103 cm³/mol. The van der Waals surface area contributed by atoms with Crippen LogP contribution in [0.3, 0.4) is 0 Å². The van der Waals surface area contributed by atoms with Crippen LogP contribution in [-0.2, 0) is 0 Å². The van der Waals surface area contributed by atoms with E-state index in [4.69, 9.17) is 4.74 Å². The number of hydrogen-bond donors (Lipinski definition) is 2. The first kappa shape index (κ1) is 18.8. The van der Waals surface area contributed by atoms with Crippen molar-refractivity contribution in [3.05, 3.63) is 59.7 Å². The van der Waals surface area contributed by atoms with Crippen LogP contribution >= 0.6 is 0 Å². The molecule has 0 aromatic heterocycles. The van der Waals surface area contributed by atoms with Gasteiger partial charge in [-0.3, -0.25) is 0 Å². The number of hydrogen-bond acceptors (Lipinski definition) is 2. The van der Waals surface area contributed by atoms with Gasteiger partial charge < -0.3 is 15.4 Å². The van der Waals surface area contributed by atoms with Crippen molar-refractivity contribution in [1.82, 2.24) is 5.32 Å². The van der Waals surface area contributed by atoms with Gasteiger partial charge in [0.1, 0.15) is 5.75 Å². The highest BCUT2D eigenvalue weighted by Crippen LogP contribution is 2.19. The fourth-order valence-electron chi connectivity index (χ4n) is 2.47. The average Bonchev–Trinajstić information content (AvgIpc) is 2.55. The van der Waals surface area contributed by atoms with E-state index in [2.05, 4.69) is 38.3 Å². The summed E-state index contributed by atoms with van der Waals surface area (Å²) in [7, 11) is 0. The van der Waals surface area contributed by atoms with Gasteiger partial charge in [-0.05, 0) is 54.2 Å². The molecule has 0 saturated carbocycles. The second-order valence-corrected chi connectivity index (χ2v) is 6.86. The van der Waals surface area contributed by atoms with Gasteiger partial charge in [-0.25, -0.2) is 4.79 Å². The Morgan fingerprint density at radius 3 is 1.76 bits per heavy atom. The molecule has 0 bridgehead atoms. The van der Waals surface area contributed by atoms with Gasteiger partial charge in [0.2, 0.25) is 0 Å². The molecule has 25 heavy (non-hydrogen) atoms. The van der Waals surface area contributed by atoms with E-state index in [1.165, 1.54) is 11.1 Å². The van der Waals surface area contributed by atoms with Crippen LogP contribution in [0.1, 0.15) is 57.6 Å². The van der Waals surface area contributed by atoms with Gasteiger partial charge in [-0.15, -0.1) is 0 Å². The van der Waals surface area contributed by atoms with Gasteiger partial charge in [-0.2, -0.15) is 0 Å². The zero-order valence-corrected chi connectivity index (χ0v) is 15.7. The Bertz CT molecular complexity index is 676. The second-order valence-electron chi connectivity index (χ2n) is 6.86. The minimum absolute atomic E-state index is 0.288. The third-order valence-electron chi connectivity index (χ3n) is 4.03. The lowest BCUT2D eigenvalue weighted by molar-refractivity contribution is 0.183. The fourth-order valence-corrected chi connectivity index (χ4v) is 2.47. The van der Waals surface area contributed by atoms with Gasteiger partial charge in [-0.1, -0.05) is 52.0 Å². The minimum atomic E-state index is -0.431. The summed E-state index contributed by atoms with van der Waals surface area (Å²) in [4.78, 5) is 12.1. The van der Waals surface area contributed by atoms with E-state index in [0.29, 0.717) is 11.8 Å². The molecular weight excluding hydrogens is 312 g/mol. The molecule has 0 spiro atoms. The predicted octanol–water partition coefficient (Wildman–Crippen LogP) is 5.48. The first-order chi connectivity index (χ1) is 11.8. The Kier molecular flexibility index (Phi) is 6.45. The Morgan fingerprint density at radius 2 is 1.28 bits per heavy atom. The Labute approximate surface area is 150 Å². The molecule has 0 fully saturated rings. The van der Waals surface area contributed by atoms with E-state index in [1.54, 1.807) is 6.92 Å². The number of carbonyl (C=O) groups excluding carboxylic acids is 1. The maximum atomic E-state index is 12.1. The van der Waals surface area contributed by atoms with Crippen molar-refractivity contribution in [3.8, 4) is 5.75 Å². The topological polar surface area (TPSA) is 50.4 Å². The molecule has 0 saturated heterocycles. The summed E-state index contributed by atoms with van der Waals surface area (Å²) in [5.41, 5.74) is 3.26. The third-order valence-corrected chi connectivity index (χ3v) is 4.03. The van der Waals surface area contributed by atoms with Crippen molar-refractivity contribution in [2.45, 2.75) is 52.7 Å². The summed E-state index contributed by atoms with van der Waals surface area (Å²) in [6, 6.07) is 15.5. The van der Waals surface area contributed by atoms with E-state index >= 15 is 0 Å². The first-order valence-electron chi connectivity index (χ1n) is 8.79. The van der Waals surface area contributed by atoms with Crippen molar-refractivity contribution in [3.63, 3.8) is 0 Å². The highest BCUT2D eigenvalue weighted by Gasteiger charge is 2.09. The molecule has 134 valence electrons. The quantitative estimate of drug-likeness (QED) is 0.684. The normalized spacial score (nSPS) is 12.1. The summed E-state index contributed by atoms with van der Waals surface area (Å²) in [5, 5.41) is 5.60. The molecule has 4 nitrogen and oxygen atoms in total. The smallest absolute Gasteiger partial charge is 0.322 e. The Morgan fingerprint density at radius 1 is 0.800 bits per heavy atom. The number of benzene rings is 2. The van der Waals surface area contributed by atoms with E-state index < -0.39 is 6.23 Å². The van der Waals surface area contributed by atoms with E-state index in [-0.39, 0.29) is 6.03 Å². The molecule has 4 heteroatoms. The summed E-state index contributed by atoms with van der Waals surface area (Å²) in [6.07, 6.45) is -0.431. The maximum Gasteiger partial charge on any atom is 0.322 e. The fraction of sp³-hybridized carbons (Fsp3) is 0.381. The van der Waals surface area contributed by atoms with Crippen molar-refractivity contribution >= 4 is 11.7 Å². The largest absolute Gasteiger partial charge is 0.471 e. The molecule has 0 aliphatic rings. The molecule has 2 amide bonds. The number of ether oxygens (including phenoxy) is 1. The Balaban J connectivity index is 1.85. The zero-order valence-electron chi connectivity index (χ0n) is 15.7. The van der Waals surface area contributed by atoms with Crippen LogP contribution in [0.15, 0.2) is 48.5 Å². The highest BCUT2D eigenvalue weighted by atomic mass is 16.5. The maximum absolute atomic E-state index is 12.1. The lowest BCUT2D eigenvalue weighted by Crippen LogP contribution is -2.39. The molecule has 2 N–H and O–H groups in total. The molecule has 2 aromatic carbocycles. The van der Waals surface area contributed by atoms with Crippen molar-refractivity contribution in [2.75, 3.05) is 5.32 Å². The standard InChI is InChI=1S/C21H28N2O2/c1-14(2)17-6-10-19(11-7-17)23-21(24)22-16(5)25-20-12-8-18(9-13-20)15(3)4/h6-16H,1-5H3,(H2,22,23,24). The van der Waals surface area contributed by atoms with Crippen LogP contribution in [0, 0.1) is 0 Å². The van der Waals surface area contributed by atoms with Crippen LogP contribution in [-0.4, -0.2) is 12.3 Å². The molecule has 2 rings (SSSR count). The third kappa shape index (κ3) is 5.82. The number of rotatable bonds is 6. The minimum Gasteiger partial charge on any atom is -0.471 e. The van der Waals surface area contributed by atoms with Gasteiger partial charge in [0.05, 0.1) is 0 Å². The first-order valence-corrected chi connectivity index (χ1v) is 8.79. The van der Waals surface area contributed by atoms with Crippen LogP contribution in [0.25, 0.3) is 0 Å². The van der Waals surface area contributed by atoms with Gasteiger partial charge >= 0.3 is 6.03 Å². The van der Waals surface area contributed by atoms with Crippen LogP contribution < -0.4 is 15.4 Å². The van der Waals surface area contributed by atoms with E-state index in [0.717, 1.165) is 11.4 Å². The SMILES string of the molecule is CC(NC(=O)Nc1ccc(C(C)C)cc1)Oc1ccc(C(C)C)cc1. The molecule has 1 unspecified atom stereocenters. The number of carbonyl (C=O) groups is 1. The summed E-state index contributed by atoms with van der Waals surface area (Å²) in [6.45, 7) is 10.4. The lowest BCUT2D eigenvalue weighted by Gasteiger charge is -2.17. The van der Waals surface area contributed by atoms with Crippen molar-refractivity contribution in [1.29, 1.82) is 0 Å². The lowest BCUT2D eigenvalue weighted by atomic mass is 10.0. The molecule has 0 radical (unpaired) electrons. The number of urea groups is 1. The molecule has 0 heterocycles. The Hall–Kier alpha value is -2.49. The zero-order chi connectivity index (χ0) is 18.4. The second kappa shape index (κ2) is 8.56. The molecule has 0 aliphatic heterocycles. The monoisotopic (exact) mass is 340 g/mol. The van der Waals surface area contributed by atoms with Gasteiger partial charge in [0.25, 0.3) is 0 Å². The van der Waals surface area contributed by atoms with Crippen LogP contribution in [0.4, 0.5) is 10.5 Å². The van der Waals surface area contributed by atoms with Gasteiger partial charge in [0, 0.05) is 5.69 Å². The molecule has 2 aromatic rings. The van der Waals surface area contributed by atoms with Crippen LogP contribution in [0.2, 0.25) is 0 Å². The summed E-state index contributed by atoms with van der Waals surface area (Å²) < 4.78 is 5.74. The van der Waals surface area contributed by atoms with Crippen molar-refractivity contribution < 1.29 is 9.53 Å². The van der Waals surface area contributed by atoms with E-state index in [1.807, 2.05) is 48.5 Å². The average molecular weight is 340 g/mol. The number of amides is 2. The molecular formula is C21H28N2O2. The van der Waals surface area contributed by atoms with Crippen molar-refractivity contribution in [2.24, 2.45) is 0 Å². The molecule has 0 aliphatic carbocycles. The highest BCUT2D eigenvalue weighted by molar-refractivity contribution is 5.89.